The number of benzene rings is 2. The minimum Gasteiger partial charge on any atom is -0.511 e. The molecule has 2 atom stereocenters. The summed E-state index contributed by atoms with van der Waals surface area (Å²) in [5, 5.41) is 10.3. The predicted molar refractivity (Wildman–Crippen MR) is 108 cm³/mol. The van der Waals surface area contributed by atoms with Crippen molar-refractivity contribution in [3.63, 3.8) is 0 Å². The van der Waals surface area contributed by atoms with Crippen LogP contribution in [0.2, 0.25) is 5.02 Å². The average Bonchev–Trinajstić information content (AvgIpc) is 3.13. The van der Waals surface area contributed by atoms with Crippen LogP contribution in [0.3, 0.4) is 0 Å². The molecule has 1 N–H and O–H groups in total. The van der Waals surface area contributed by atoms with Gasteiger partial charge in [-0.15, -0.1) is 0 Å². The monoisotopic (exact) mass is 436 g/mol. The Morgan fingerprint density at radius 2 is 1.77 bits per heavy atom. The summed E-state index contributed by atoms with van der Waals surface area (Å²) in [6.07, 6.45) is -1.63. The number of halogens is 4. The molecule has 0 aromatic heterocycles. The number of ketones is 1. The molecule has 1 fully saturated rings. The number of hydrogen-bond acceptors (Lipinski definition) is 3. The zero-order chi connectivity index (χ0) is 21.6. The lowest BCUT2D eigenvalue weighted by Gasteiger charge is -2.23. The maximum atomic E-state index is 12.9. The molecular formula is C23H20ClF3O3. The Morgan fingerprint density at radius 1 is 1.10 bits per heavy atom. The molecule has 0 saturated heterocycles. The highest BCUT2D eigenvalue weighted by Gasteiger charge is 2.41. The molecule has 158 valence electrons. The number of carbonyl (C=O) groups excluding carboxylic acids is 1. The maximum absolute atomic E-state index is 12.9. The van der Waals surface area contributed by atoms with Gasteiger partial charge in [0.25, 0.3) is 0 Å². The second-order valence-corrected chi connectivity index (χ2v) is 8.15. The van der Waals surface area contributed by atoms with Gasteiger partial charge in [0.2, 0.25) is 0 Å². The van der Waals surface area contributed by atoms with E-state index in [0.29, 0.717) is 29.7 Å². The van der Waals surface area contributed by atoms with Gasteiger partial charge >= 0.3 is 6.18 Å². The second kappa shape index (κ2) is 7.65. The number of alkyl halides is 3. The first kappa shape index (κ1) is 20.8. The van der Waals surface area contributed by atoms with E-state index >= 15 is 0 Å². The third-order valence-corrected chi connectivity index (χ3v) is 6.22. The van der Waals surface area contributed by atoms with Crippen molar-refractivity contribution in [2.45, 2.75) is 38.8 Å². The van der Waals surface area contributed by atoms with Crippen LogP contribution in [0.15, 0.2) is 42.2 Å². The number of ether oxygens (including phenoxy) is 1. The zero-order valence-electron chi connectivity index (χ0n) is 16.2. The Hall–Kier alpha value is -2.47. The summed E-state index contributed by atoms with van der Waals surface area (Å²) in [5.74, 6) is 0.527. The van der Waals surface area contributed by atoms with Crippen molar-refractivity contribution in [1.82, 2.24) is 0 Å². The molecule has 0 aliphatic heterocycles. The Kier molecular flexibility index (Phi) is 5.30. The van der Waals surface area contributed by atoms with E-state index in [1.54, 1.807) is 18.2 Å². The van der Waals surface area contributed by atoms with Crippen molar-refractivity contribution in [3.8, 4) is 11.5 Å². The number of aryl methyl sites for hydroxylation is 1. The lowest BCUT2D eigenvalue weighted by molar-refractivity contribution is -0.137. The van der Waals surface area contributed by atoms with Gasteiger partial charge < -0.3 is 9.84 Å². The van der Waals surface area contributed by atoms with Crippen molar-refractivity contribution in [2.24, 2.45) is 11.8 Å². The Labute approximate surface area is 177 Å². The number of aliphatic hydroxyl groups is 1. The van der Waals surface area contributed by atoms with Crippen LogP contribution in [0.1, 0.15) is 42.9 Å². The predicted octanol–water partition coefficient (Wildman–Crippen LogP) is 6.98. The number of rotatable bonds is 4. The summed E-state index contributed by atoms with van der Waals surface area (Å²) in [6.45, 7) is 1.95. The van der Waals surface area contributed by atoms with E-state index < -0.39 is 16.8 Å². The highest BCUT2D eigenvalue weighted by atomic mass is 35.5. The largest absolute Gasteiger partial charge is 0.511 e. The van der Waals surface area contributed by atoms with Gasteiger partial charge in [0, 0.05) is 17.9 Å². The Balaban J connectivity index is 1.70. The molecule has 3 nitrogen and oxygen atoms in total. The third-order valence-electron chi connectivity index (χ3n) is 5.91. The highest BCUT2D eigenvalue weighted by molar-refractivity contribution is 6.31. The van der Waals surface area contributed by atoms with Gasteiger partial charge in [-0.25, -0.2) is 0 Å². The first-order valence-corrected chi connectivity index (χ1v) is 10.2. The Bertz CT molecular complexity index is 1040. The molecule has 0 radical (unpaired) electrons. The summed E-state index contributed by atoms with van der Waals surface area (Å²) >= 11 is 5.77. The van der Waals surface area contributed by atoms with E-state index in [0.717, 1.165) is 30.5 Å². The SMILES string of the molecule is CCc1ccc(Oc2ccc(C(F)(F)F)c(Cl)c2)cc1C1=C(O)[C@H]2CC[C@H](C2)C1=O. The van der Waals surface area contributed by atoms with Crippen molar-refractivity contribution in [3.05, 3.63) is 63.9 Å². The van der Waals surface area contributed by atoms with Crippen LogP contribution in [-0.4, -0.2) is 10.9 Å². The van der Waals surface area contributed by atoms with Gasteiger partial charge in [-0.2, -0.15) is 13.2 Å². The minimum atomic E-state index is -4.55. The molecule has 0 spiro atoms. The van der Waals surface area contributed by atoms with Crippen molar-refractivity contribution in [2.75, 3.05) is 0 Å². The van der Waals surface area contributed by atoms with E-state index in [4.69, 9.17) is 16.3 Å². The average molecular weight is 437 g/mol. The fourth-order valence-electron chi connectivity index (χ4n) is 4.36. The van der Waals surface area contributed by atoms with Crippen LogP contribution in [0, 0.1) is 11.8 Å². The fourth-order valence-corrected chi connectivity index (χ4v) is 4.64. The topological polar surface area (TPSA) is 46.5 Å². The molecule has 2 aromatic rings. The minimum absolute atomic E-state index is 0.00528. The van der Waals surface area contributed by atoms with E-state index in [1.165, 1.54) is 6.07 Å². The molecule has 30 heavy (non-hydrogen) atoms. The number of hydrogen-bond donors (Lipinski definition) is 1. The van der Waals surface area contributed by atoms with E-state index in [-0.39, 0.29) is 29.1 Å². The fraction of sp³-hybridized carbons (Fsp3) is 0.348. The van der Waals surface area contributed by atoms with Gasteiger partial charge in [-0.05, 0) is 61.1 Å². The summed E-state index contributed by atoms with van der Waals surface area (Å²) in [4.78, 5) is 12.9. The first-order valence-electron chi connectivity index (χ1n) is 9.84. The molecule has 4 rings (SSSR count). The number of Topliss-reactive ketones (excluding diaryl/α,β-unsaturated/α-hetero) is 1. The molecular weight excluding hydrogens is 417 g/mol. The molecule has 0 heterocycles. The van der Waals surface area contributed by atoms with Crippen LogP contribution in [0.4, 0.5) is 13.2 Å². The summed E-state index contributed by atoms with van der Waals surface area (Å²) in [6, 6.07) is 8.34. The van der Waals surface area contributed by atoms with Gasteiger partial charge in [0.05, 0.1) is 16.2 Å². The van der Waals surface area contributed by atoms with Crippen LogP contribution in [0.25, 0.3) is 5.57 Å². The zero-order valence-corrected chi connectivity index (χ0v) is 17.0. The molecule has 0 unspecified atom stereocenters. The van der Waals surface area contributed by atoms with Crippen LogP contribution >= 0.6 is 11.6 Å². The second-order valence-electron chi connectivity index (χ2n) is 7.75. The summed E-state index contributed by atoms with van der Waals surface area (Å²) in [5.41, 5.74) is 0.925. The molecule has 2 aliphatic rings. The summed E-state index contributed by atoms with van der Waals surface area (Å²) in [7, 11) is 0. The van der Waals surface area contributed by atoms with Gasteiger partial charge in [0.1, 0.15) is 17.3 Å². The lowest BCUT2D eigenvalue weighted by atomic mass is 9.81. The van der Waals surface area contributed by atoms with E-state index in [1.807, 2.05) is 6.92 Å². The molecule has 2 bridgehead atoms. The van der Waals surface area contributed by atoms with Gasteiger partial charge in [-0.1, -0.05) is 24.6 Å². The third kappa shape index (κ3) is 3.69. The quantitative estimate of drug-likeness (QED) is 0.562. The maximum Gasteiger partial charge on any atom is 0.417 e. The normalized spacial score (nSPS) is 21.3. The van der Waals surface area contributed by atoms with Gasteiger partial charge in [0.15, 0.2) is 5.78 Å². The molecule has 1 saturated carbocycles. The standard InChI is InChI=1S/C23H20ClF3O3/c1-2-12-5-6-15(30-16-7-8-18(19(24)11-16)23(25,26)27)10-17(12)20-21(28)13-3-4-14(9-13)22(20)29/h5-8,10-11,13-14,28H,2-4,9H2,1H3/t13-,14+/m0/s1. The molecule has 7 heteroatoms. The summed E-state index contributed by atoms with van der Waals surface area (Å²) < 4.78 is 44.4. The molecule has 0 amide bonds. The van der Waals surface area contributed by atoms with Crippen LogP contribution in [0.5, 0.6) is 11.5 Å². The van der Waals surface area contributed by atoms with Crippen molar-refractivity contribution >= 4 is 23.0 Å². The molecule has 2 aromatic carbocycles. The number of fused-ring (bicyclic) bond motifs is 2. The molecule has 2 aliphatic carbocycles. The Morgan fingerprint density at radius 3 is 2.43 bits per heavy atom. The van der Waals surface area contributed by atoms with Gasteiger partial charge in [-0.3, -0.25) is 4.79 Å². The number of carbonyl (C=O) groups is 1. The first-order chi connectivity index (χ1) is 14.2. The number of aliphatic hydroxyl groups excluding tert-OH is 1. The van der Waals surface area contributed by atoms with E-state index in [2.05, 4.69) is 0 Å². The van der Waals surface area contributed by atoms with E-state index in [9.17, 15) is 23.1 Å². The number of allylic oxidation sites excluding steroid dienone is 2. The highest BCUT2D eigenvalue weighted by Crippen LogP contribution is 2.46. The van der Waals surface area contributed by atoms with Crippen molar-refractivity contribution in [1.29, 1.82) is 0 Å². The smallest absolute Gasteiger partial charge is 0.417 e. The lowest BCUT2D eigenvalue weighted by Crippen LogP contribution is -2.21. The van der Waals surface area contributed by atoms with Crippen LogP contribution < -0.4 is 4.74 Å². The van der Waals surface area contributed by atoms with Crippen LogP contribution in [-0.2, 0) is 17.4 Å². The van der Waals surface area contributed by atoms with Crippen molar-refractivity contribution < 1.29 is 27.8 Å².